The second kappa shape index (κ2) is 10.3. The van der Waals surface area contributed by atoms with E-state index in [0.717, 1.165) is 11.1 Å². The molecule has 0 unspecified atom stereocenters. The second-order valence-electron chi connectivity index (χ2n) is 6.33. The molecule has 6 heteroatoms. The number of halogens is 1. The molecule has 0 aliphatic carbocycles. The Labute approximate surface area is 160 Å². The van der Waals surface area contributed by atoms with E-state index in [9.17, 15) is 9.18 Å². The van der Waals surface area contributed by atoms with Gasteiger partial charge in [-0.1, -0.05) is 29.8 Å². The first-order valence-corrected chi connectivity index (χ1v) is 9.11. The molecule has 27 heavy (non-hydrogen) atoms. The van der Waals surface area contributed by atoms with Crippen molar-refractivity contribution in [1.29, 1.82) is 0 Å². The quantitative estimate of drug-likeness (QED) is 0.399. The van der Waals surface area contributed by atoms with Gasteiger partial charge in [0.05, 0.1) is 6.54 Å². The summed E-state index contributed by atoms with van der Waals surface area (Å²) >= 11 is 0. The summed E-state index contributed by atoms with van der Waals surface area (Å²) in [7, 11) is 0. The zero-order valence-electron chi connectivity index (χ0n) is 16.1. The van der Waals surface area contributed by atoms with Gasteiger partial charge >= 0.3 is 0 Å². The van der Waals surface area contributed by atoms with Gasteiger partial charge in [0.25, 0.3) is 5.91 Å². The summed E-state index contributed by atoms with van der Waals surface area (Å²) in [6, 6.07) is 12.6. The van der Waals surface area contributed by atoms with Crippen LogP contribution in [0.15, 0.2) is 47.5 Å². The molecule has 2 aromatic carbocycles. The number of carbonyl (C=O) groups is 1. The Bertz CT molecular complexity index is 805. The smallest absolute Gasteiger partial charge is 0.251 e. The van der Waals surface area contributed by atoms with Gasteiger partial charge in [0.2, 0.25) is 0 Å². The van der Waals surface area contributed by atoms with Gasteiger partial charge in [0, 0.05) is 25.2 Å². The predicted octanol–water partition coefficient (Wildman–Crippen LogP) is 2.93. The van der Waals surface area contributed by atoms with Gasteiger partial charge < -0.3 is 16.0 Å². The molecule has 0 aromatic heterocycles. The molecule has 0 atom stereocenters. The molecule has 0 aliphatic heterocycles. The van der Waals surface area contributed by atoms with E-state index in [4.69, 9.17) is 0 Å². The number of guanidine groups is 1. The third kappa shape index (κ3) is 6.73. The number of hydrogen-bond donors (Lipinski definition) is 3. The molecule has 0 saturated heterocycles. The van der Waals surface area contributed by atoms with Crippen LogP contribution in [0.2, 0.25) is 0 Å². The first-order chi connectivity index (χ1) is 13.0. The van der Waals surface area contributed by atoms with Gasteiger partial charge in [0.15, 0.2) is 5.96 Å². The minimum atomic E-state index is -0.223. The van der Waals surface area contributed by atoms with Crippen LogP contribution in [0, 0.1) is 19.7 Å². The molecule has 0 spiro atoms. The van der Waals surface area contributed by atoms with Crippen LogP contribution < -0.4 is 16.0 Å². The van der Waals surface area contributed by atoms with E-state index in [1.807, 2.05) is 38.1 Å². The summed E-state index contributed by atoms with van der Waals surface area (Å²) in [5.41, 5.74) is 3.13. The summed E-state index contributed by atoms with van der Waals surface area (Å²) in [4.78, 5) is 16.6. The van der Waals surface area contributed by atoms with Crippen molar-refractivity contribution in [3.8, 4) is 0 Å². The molecule has 1 amide bonds. The van der Waals surface area contributed by atoms with Crippen LogP contribution >= 0.6 is 0 Å². The molecule has 2 aromatic rings. The van der Waals surface area contributed by atoms with E-state index >= 15 is 0 Å². The van der Waals surface area contributed by atoms with Crippen molar-refractivity contribution < 1.29 is 9.18 Å². The lowest BCUT2D eigenvalue weighted by atomic mass is 10.1. The SMILES string of the molecule is CCNC(=NCc1ccc(C)c(F)c1)NCCNC(=O)c1cccc(C)c1. The number of carbonyl (C=O) groups excluding carboxylic acids is 1. The highest BCUT2D eigenvalue weighted by Crippen LogP contribution is 2.10. The van der Waals surface area contributed by atoms with E-state index in [2.05, 4.69) is 20.9 Å². The van der Waals surface area contributed by atoms with E-state index in [1.54, 1.807) is 19.1 Å². The summed E-state index contributed by atoms with van der Waals surface area (Å²) in [5, 5.41) is 9.18. The molecule has 0 radical (unpaired) electrons. The fourth-order valence-electron chi connectivity index (χ4n) is 2.49. The Morgan fingerprint density at radius 3 is 2.52 bits per heavy atom. The highest BCUT2D eigenvalue weighted by atomic mass is 19.1. The summed E-state index contributed by atoms with van der Waals surface area (Å²) in [6.07, 6.45) is 0. The first kappa shape index (κ1) is 20.4. The van der Waals surface area contributed by atoms with Gasteiger partial charge in [-0.2, -0.15) is 0 Å². The highest BCUT2D eigenvalue weighted by Gasteiger charge is 2.05. The molecular formula is C21H27FN4O. The van der Waals surface area contributed by atoms with Crippen molar-refractivity contribution >= 4 is 11.9 Å². The van der Waals surface area contributed by atoms with Gasteiger partial charge in [0.1, 0.15) is 5.82 Å². The lowest BCUT2D eigenvalue weighted by molar-refractivity contribution is 0.0954. The maximum atomic E-state index is 13.6. The molecule has 2 rings (SSSR count). The molecule has 0 heterocycles. The Hall–Kier alpha value is -2.89. The maximum Gasteiger partial charge on any atom is 0.251 e. The minimum Gasteiger partial charge on any atom is -0.357 e. The maximum absolute atomic E-state index is 13.6. The first-order valence-electron chi connectivity index (χ1n) is 9.11. The van der Waals surface area contributed by atoms with Gasteiger partial charge in [-0.3, -0.25) is 4.79 Å². The van der Waals surface area contributed by atoms with Crippen molar-refractivity contribution in [1.82, 2.24) is 16.0 Å². The predicted molar refractivity (Wildman–Crippen MR) is 107 cm³/mol. The normalized spacial score (nSPS) is 11.2. The lowest BCUT2D eigenvalue weighted by Gasteiger charge is -2.12. The van der Waals surface area contributed by atoms with E-state index in [0.29, 0.717) is 43.3 Å². The Morgan fingerprint density at radius 2 is 1.81 bits per heavy atom. The number of rotatable bonds is 7. The van der Waals surface area contributed by atoms with Crippen LogP contribution in [0.4, 0.5) is 4.39 Å². The number of nitrogens with zero attached hydrogens (tertiary/aromatic N) is 1. The largest absolute Gasteiger partial charge is 0.357 e. The zero-order chi connectivity index (χ0) is 19.6. The molecule has 144 valence electrons. The van der Waals surface area contributed by atoms with Crippen molar-refractivity contribution in [2.45, 2.75) is 27.3 Å². The van der Waals surface area contributed by atoms with Crippen LogP contribution in [0.3, 0.4) is 0 Å². The number of nitrogens with one attached hydrogen (secondary N) is 3. The fourth-order valence-corrected chi connectivity index (χ4v) is 2.49. The fraction of sp³-hybridized carbons (Fsp3) is 0.333. The van der Waals surface area contributed by atoms with E-state index < -0.39 is 0 Å². The van der Waals surface area contributed by atoms with Crippen LogP contribution in [0.5, 0.6) is 0 Å². The molecule has 3 N–H and O–H groups in total. The van der Waals surface area contributed by atoms with Crippen LogP contribution in [0.1, 0.15) is 34.0 Å². The molecular weight excluding hydrogens is 343 g/mol. The standard InChI is InChI=1S/C21H27FN4O/c1-4-23-21(26-14-17-9-8-16(3)19(22)13-17)25-11-10-24-20(27)18-7-5-6-15(2)12-18/h5-9,12-13H,4,10-11,14H2,1-3H3,(H,24,27)(H2,23,25,26). The third-order valence-electron chi connectivity index (χ3n) is 3.98. The van der Waals surface area contributed by atoms with Crippen molar-refractivity contribution in [3.63, 3.8) is 0 Å². The van der Waals surface area contributed by atoms with Gasteiger partial charge in [-0.25, -0.2) is 9.38 Å². The minimum absolute atomic E-state index is 0.0995. The number of aryl methyl sites for hydroxylation is 2. The van der Waals surface area contributed by atoms with Crippen LogP contribution in [-0.4, -0.2) is 31.5 Å². The average molecular weight is 370 g/mol. The zero-order valence-corrected chi connectivity index (χ0v) is 16.1. The van der Waals surface area contributed by atoms with Crippen molar-refractivity contribution in [2.24, 2.45) is 4.99 Å². The van der Waals surface area contributed by atoms with Crippen molar-refractivity contribution in [3.05, 3.63) is 70.5 Å². The van der Waals surface area contributed by atoms with Crippen LogP contribution in [0.25, 0.3) is 0 Å². The average Bonchev–Trinajstić information content (AvgIpc) is 2.65. The molecule has 5 nitrogen and oxygen atoms in total. The topological polar surface area (TPSA) is 65.5 Å². The summed E-state index contributed by atoms with van der Waals surface area (Å²) < 4.78 is 13.6. The van der Waals surface area contributed by atoms with Crippen molar-refractivity contribution in [2.75, 3.05) is 19.6 Å². The molecule has 0 aliphatic rings. The second-order valence-corrected chi connectivity index (χ2v) is 6.33. The van der Waals surface area contributed by atoms with E-state index in [-0.39, 0.29) is 11.7 Å². The van der Waals surface area contributed by atoms with Crippen LogP contribution in [-0.2, 0) is 6.54 Å². The molecule has 0 saturated carbocycles. The number of hydrogen-bond acceptors (Lipinski definition) is 2. The molecule has 0 fully saturated rings. The van der Waals surface area contributed by atoms with E-state index in [1.165, 1.54) is 6.07 Å². The van der Waals surface area contributed by atoms with Gasteiger partial charge in [-0.15, -0.1) is 0 Å². The lowest BCUT2D eigenvalue weighted by Crippen LogP contribution is -2.41. The highest BCUT2D eigenvalue weighted by molar-refractivity contribution is 5.94. The third-order valence-corrected chi connectivity index (χ3v) is 3.98. The number of aliphatic imine (C=N–C) groups is 1. The number of amides is 1. The van der Waals surface area contributed by atoms with Gasteiger partial charge in [-0.05, 0) is 50.1 Å². The Kier molecular flexibility index (Phi) is 7.79. The number of benzene rings is 2. The summed E-state index contributed by atoms with van der Waals surface area (Å²) in [5.74, 6) is 0.306. The monoisotopic (exact) mass is 370 g/mol. The Morgan fingerprint density at radius 1 is 1.04 bits per heavy atom. The Balaban J connectivity index is 1.83. The molecule has 0 bridgehead atoms. The summed E-state index contributed by atoms with van der Waals surface area (Å²) in [6.45, 7) is 7.76.